The first-order chi connectivity index (χ1) is 11.7. The molecule has 0 aliphatic heterocycles. The largest absolute Gasteiger partial charge is 0.467 e. The molecule has 0 amide bonds. The maximum Gasteiger partial charge on any atom is 0.131 e. The first kappa shape index (κ1) is 16.8. The van der Waals surface area contributed by atoms with Gasteiger partial charge in [-0.15, -0.1) is 11.3 Å². The van der Waals surface area contributed by atoms with Crippen molar-refractivity contribution in [3.63, 3.8) is 0 Å². The summed E-state index contributed by atoms with van der Waals surface area (Å²) in [5, 5.41) is 11.3. The fourth-order valence-corrected chi connectivity index (χ4v) is 3.58. The van der Waals surface area contributed by atoms with Gasteiger partial charge in [0.2, 0.25) is 0 Å². The summed E-state index contributed by atoms with van der Waals surface area (Å²) in [5.41, 5.74) is 2.71. The number of rotatable bonds is 5. The standard InChI is InChI=1S/C18H17ClN2O2S/c1-21(11-14-7-5-9-23-14)15-10-16(19)20-17-13(12-24-18(15)17)6-3-2-4-8-22/h5,7,9-10,12,22H,2,4,8,11H2,1H3. The van der Waals surface area contributed by atoms with Gasteiger partial charge < -0.3 is 14.4 Å². The maximum absolute atomic E-state index is 8.83. The summed E-state index contributed by atoms with van der Waals surface area (Å²) in [6.07, 6.45) is 3.02. The Kier molecular flexibility index (Phi) is 5.41. The van der Waals surface area contributed by atoms with Gasteiger partial charge in [-0.05, 0) is 18.6 Å². The molecule has 6 heteroatoms. The Labute approximate surface area is 149 Å². The second kappa shape index (κ2) is 7.71. The van der Waals surface area contributed by atoms with E-state index in [0.717, 1.165) is 27.2 Å². The molecule has 0 saturated carbocycles. The number of halogens is 1. The van der Waals surface area contributed by atoms with E-state index in [2.05, 4.69) is 21.7 Å². The highest BCUT2D eigenvalue weighted by atomic mass is 35.5. The lowest BCUT2D eigenvalue weighted by Gasteiger charge is -2.18. The zero-order valence-electron chi connectivity index (χ0n) is 13.3. The number of aliphatic hydroxyl groups is 1. The number of thiophene rings is 1. The van der Waals surface area contributed by atoms with Crippen LogP contribution in [-0.2, 0) is 6.54 Å². The van der Waals surface area contributed by atoms with Crippen LogP contribution in [0.2, 0.25) is 5.15 Å². The second-order valence-corrected chi connectivity index (χ2v) is 6.62. The van der Waals surface area contributed by atoms with Gasteiger partial charge >= 0.3 is 0 Å². The van der Waals surface area contributed by atoms with Gasteiger partial charge in [0.05, 0.1) is 28.8 Å². The Hall–Kier alpha value is -2.00. The average Bonchev–Trinajstić information content (AvgIpc) is 3.21. The van der Waals surface area contributed by atoms with Crippen molar-refractivity contribution in [3.05, 3.63) is 46.3 Å². The first-order valence-electron chi connectivity index (χ1n) is 7.60. The summed E-state index contributed by atoms with van der Waals surface area (Å²) in [5.74, 6) is 7.09. The Bertz CT molecular complexity index is 878. The molecule has 3 aromatic rings. The molecule has 0 aliphatic rings. The molecule has 124 valence electrons. The molecule has 0 saturated heterocycles. The van der Waals surface area contributed by atoms with E-state index in [-0.39, 0.29) is 6.61 Å². The monoisotopic (exact) mass is 360 g/mol. The number of nitrogens with zero attached hydrogens (tertiary/aromatic N) is 2. The molecule has 0 aliphatic carbocycles. The number of aromatic nitrogens is 1. The fourth-order valence-electron chi connectivity index (χ4n) is 2.38. The minimum absolute atomic E-state index is 0.158. The normalized spacial score (nSPS) is 10.6. The van der Waals surface area contributed by atoms with Gasteiger partial charge in [0.1, 0.15) is 16.4 Å². The highest BCUT2D eigenvalue weighted by Gasteiger charge is 2.14. The highest BCUT2D eigenvalue weighted by molar-refractivity contribution is 7.18. The lowest BCUT2D eigenvalue weighted by atomic mass is 10.2. The van der Waals surface area contributed by atoms with E-state index >= 15 is 0 Å². The van der Waals surface area contributed by atoms with Crippen molar-refractivity contribution in [2.75, 3.05) is 18.6 Å². The van der Waals surface area contributed by atoms with Crippen molar-refractivity contribution in [2.45, 2.75) is 19.4 Å². The van der Waals surface area contributed by atoms with E-state index in [1.807, 2.05) is 30.6 Å². The number of furan rings is 1. The van der Waals surface area contributed by atoms with E-state index in [9.17, 15) is 0 Å². The van der Waals surface area contributed by atoms with Crippen molar-refractivity contribution in [1.82, 2.24) is 4.98 Å². The molecule has 0 unspecified atom stereocenters. The summed E-state index contributed by atoms with van der Waals surface area (Å²) in [4.78, 5) is 6.54. The molecule has 0 radical (unpaired) electrons. The molecular weight excluding hydrogens is 344 g/mol. The minimum atomic E-state index is 0.158. The third-order valence-electron chi connectivity index (χ3n) is 3.54. The molecular formula is C18H17ClN2O2S. The predicted octanol–water partition coefficient (Wildman–Crippen LogP) is 4.30. The van der Waals surface area contributed by atoms with Gasteiger partial charge in [0.25, 0.3) is 0 Å². The van der Waals surface area contributed by atoms with Crippen molar-refractivity contribution >= 4 is 38.8 Å². The van der Waals surface area contributed by atoms with Crippen LogP contribution < -0.4 is 4.90 Å². The van der Waals surface area contributed by atoms with Gasteiger partial charge in [0, 0.05) is 31.5 Å². The predicted molar refractivity (Wildman–Crippen MR) is 98.6 cm³/mol. The maximum atomic E-state index is 8.83. The van der Waals surface area contributed by atoms with Crippen LogP contribution >= 0.6 is 22.9 Å². The van der Waals surface area contributed by atoms with Crippen LogP contribution in [0, 0.1) is 11.8 Å². The topological polar surface area (TPSA) is 49.5 Å². The van der Waals surface area contributed by atoms with Gasteiger partial charge in [-0.25, -0.2) is 4.98 Å². The quantitative estimate of drug-likeness (QED) is 0.418. The molecule has 24 heavy (non-hydrogen) atoms. The van der Waals surface area contributed by atoms with Gasteiger partial charge in [-0.1, -0.05) is 23.4 Å². The van der Waals surface area contributed by atoms with E-state index in [0.29, 0.717) is 24.5 Å². The Morgan fingerprint density at radius 1 is 1.46 bits per heavy atom. The molecule has 3 heterocycles. The SMILES string of the molecule is CN(Cc1ccco1)c1cc(Cl)nc2c(C#CCCCO)csc12. The summed E-state index contributed by atoms with van der Waals surface area (Å²) in [6, 6.07) is 5.69. The van der Waals surface area contributed by atoms with Crippen molar-refractivity contribution in [3.8, 4) is 11.8 Å². The van der Waals surface area contributed by atoms with Crippen LogP contribution in [0.25, 0.3) is 10.2 Å². The molecule has 3 rings (SSSR count). The molecule has 0 bridgehead atoms. The van der Waals surface area contributed by atoms with E-state index in [1.165, 1.54) is 0 Å². The van der Waals surface area contributed by atoms with Crippen molar-refractivity contribution in [1.29, 1.82) is 0 Å². The summed E-state index contributed by atoms with van der Waals surface area (Å²) in [6.45, 7) is 0.808. The Morgan fingerprint density at radius 3 is 3.08 bits per heavy atom. The number of unbranched alkanes of at least 4 members (excludes halogenated alkanes) is 1. The molecule has 1 N–H and O–H groups in total. The summed E-state index contributed by atoms with van der Waals surface area (Å²) < 4.78 is 6.48. The molecule has 4 nitrogen and oxygen atoms in total. The van der Waals surface area contributed by atoms with E-state index in [1.54, 1.807) is 17.6 Å². The van der Waals surface area contributed by atoms with Crippen LogP contribution in [-0.4, -0.2) is 23.7 Å². The zero-order chi connectivity index (χ0) is 16.9. The summed E-state index contributed by atoms with van der Waals surface area (Å²) in [7, 11) is 2.00. The van der Waals surface area contributed by atoms with Crippen LogP contribution in [0.1, 0.15) is 24.2 Å². The van der Waals surface area contributed by atoms with Crippen LogP contribution in [0.15, 0.2) is 34.3 Å². The number of hydrogen-bond donors (Lipinski definition) is 1. The molecule has 3 aromatic heterocycles. The van der Waals surface area contributed by atoms with E-state index in [4.69, 9.17) is 21.1 Å². The van der Waals surface area contributed by atoms with Crippen molar-refractivity contribution < 1.29 is 9.52 Å². The molecule has 0 aromatic carbocycles. The Balaban J connectivity index is 1.93. The first-order valence-corrected chi connectivity index (χ1v) is 8.86. The Morgan fingerprint density at radius 2 is 2.33 bits per heavy atom. The number of aliphatic hydroxyl groups excluding tert-OH is 1. The van der Waals surface area contributed by atoms with E-state index < -0.39 is 0 Å². The van der Waals surface area contributed by atoms with Gasteiger partial charge in [-0.2, -0.15) is 0 Å². The number of pyridine rings is 1. The average molecular weight is 361 g/mol. The third-order valence-corrected chi connectivity index (χ3v) is 4.72. The second-order valence-electron chi connectivity index (χ2n) is 5.36. The molecule has 0 atom stereocenters. The smallest absolute Gasteiger partial charge is 0.131 e. The lowest BCUT2D eigenvalue weighted by molar-refractivity contribution is 0.290. The highest BCUT2D eigenvalue weighted by Crippen LogP contribution is 2.35. The minimum Gasteiger partial charge on any atom is -0.467 e. The van der Waals surface area contributed by atoms with Gasteiger partial charge in [-0.3, -0.25) is 0 Å². The fraction of sp³-hybridized carbons (Fsp3) is 0.278. The molecule has 0 spiro atoms. The van der Waals surface area contributed by atoms with Gasteiger partial charge in [0.15, 0.2) is 0 Å². The third kappa shape index (κ3) is 3.73. The van der Waals surface area contributed by atoms with Crippen LogP contribution in [0.5, 0.6) is 0 Å². The number of hydrogen-bond acceptors (Lipinski definition) is 5. The number of anilines is 1. The van der Waals surface area contributed by atoms with Crippen LogP contribution in [0.4, 0.5) is 5.69 Å². The van der Waals surface area contributed by atoms with Crippen molar-refractivity contribution in [2.24, 2.45) is 0 Å². The lowest BCUT2D eigenvalue weighted by Crippen LogP contribution is -2.16. The molecule has 0 fully saturated rings. The number of fused-ring (bicyclic) bond motifs is 1. The zero-order valence-corrected chi connectivity index (χ0v) is 14.8. The summed E-state index contributed by atoms with van der Waals surface area (Å²) >= 11 is 7.83. The van der Waals surface area contributed by atoms with Crippen LogP contribution in [0.3, 0.4) is 0 Å².